The van der Waals surface area contributed by atoms with Crippen LogP contribution >= 0.6 is 0 Å². The van der Waals surface area contributed by atoms with E-state index < -0.39 is 5.54 Å². The average molecular weight is 241 g/mol. The Morgan fingerprint density at radius 2 is 2.12 bits per heavy atom. The fourth-order valence-electron chi connectivity index (χ4n) is 3.25. The van der Waals surface area contributed by atoms with Crippen molar-refractivity contribution < 1.29 is 9.53 Å². The lowest BCUT2D eigenvalue weighted by Gasteiger charge is -2.35. The topological polar surface area (TPSA) is 38.3 Å². The molecule has 0 heterocycles. The molecule has 1 N–H and O–H groups in total. The summed E-state index contributed by atoms with van der Waals surface area (Å²) in [4.78, 5) is 12.2. The van der Waals surface area contributed by atoms with E-state index in [-0.39, 0.29) is 11.4 Å². The third-order valence-electron chi connectivity index (χ3n) is 4.12. The summed E-state index contributed by atoms with van der Waals surface area (Å²) in [5.74, 6) is 0.217. The molecule has 0 radical (unpaired) electrons. The average Bonchev–Trinajstić information content (AvgIpc) is 2.48. The predicted octanol–water partition coefficient (Wildman–Crippen LogP) is 2.74. The Labute approximate surface area is 105 Å². The van der Waals surface area contributed by atoms with Crippen molar-refractivity contribution in [2.24, 2.45) is 11.3 Å². The van der Waals surface area contributed by atoms with Gasteiger partial charge in [0.25, 0.3) is 0 Å². The molecule has 0 bridgehead atoms. The van der Waals surface area contributed by atoms with Crippen molar-refractivity contribution in [2.45, 2.75) is 65.5 Å². The zero-order valence-electron chi connectivity index (χ0n) is 12.1. The van der Waals surface area contributed by atoms with Gasteiger partial charge in [0.1, 0.15) is 5.54 Å². The summed E-state index contributed by atoms with van der Waals surface area (Å²) in [6, 6.07) is 0.338. The highest BCUT2D eigenvalue weighted by atomic mass is 16.5. The molecule has 3 unspecified atom stereocenters. The van der Waals surface area contributed by atoms with Gasteiger partial charge in [-0.05, 0) is 37.5 Å². The van der Waals surface area contributed by atoms with Crippen molar-refractivity contribution in [2.75, 3.05) is 7.11 Å². The van der Waals surface area contributed by atoms with Crippen LogP contribution in [0.1, 0.15) is 53.9 Å². The van der Waals surface area contributed by atoms with Gasteiger partial charge in [0.2, 0.25) is 0 Å². The normalized spacial score (nSPS) is 33.4. The summed E-state index contributed by atoms with van der Waals surface area (Å²) < 4.78 is 5.05. The molecule has 3 nitrogen and oxygen atoms in total. The summed E-state index contributed by atoms with van der Waals surface area (Å²) >= 11 is 0. The standard InChI is InChI=1S/C14H27NO2/c1-7-11(3)15-14(12(16)17-6)9-13(4,5)8-10(14)2/h10-11,15H,7-9H2,1-6H3. The molecular formula is C14H27NO2. The Bertz CT molecular complexity index is 288. The van der Waals surface area contributed by atoms with Gasteiger partial charge in [0, 0.05) is 6.04 Å². The van der Waals surface area contributed by atoms with Gasteiger partial charge < -0.3 is 4.74 Å². The van der Waals surface area contributed by atoms with Gasteiger partial charge in [-0.15, -0.1) is 0 Å². The largest absolute Gasteiger partial charge is 0.468 e. The Morgan fingerprint density at radius 3 is 2.47 bits per heavy atom. The minimum atomic E-state index is -0.492. The van der Waals surface area contributed by atoms with Crippen LogP contribution in [0.4, 0.5) is 0 Å². The quantitative estimate of drug-likeness (QED) is 0.769. The van der Waals surface area contributed by atoms with Gasteiger partial charge in [0.15, 0.2) is 0 Å². The molecule has 0 aromatic heterocycles. The van der Waals surface area contributed by atoms with Crippen molar-refractivity contribution in [3.05, 3.63) is 0 Å². The molecule has 1 aliphatic carbocycles. The van der Waals surface area contributed by atoms with Crippen LogP contribution in [0.2, 0.25) is 0 Å². The number of ether oxygens (including phenoxy) is 1. The van der Waals surface area contributed by atoms with Crippen LogP contribution in [0.5, 0.6) is 0 Å². The summed E-state index contributed by atoms with van der Waals surface area (Å²) in [5, 5.41) is 3.52. The van der Waals surface area contributed by atoms with Crippen molar-refractivity contribution in [3.8, 4) is 0 Å². The fraction of sp³-hybridized carbons (Fsp3) is 0.929. The third-order valence-corrected chi connectivity index (χ3v) is 4.12. The van der Waals surface area contributed by atoms with E-state index in [4.69, 9.17) is 4.74 Å². The van der Waals surface area contributed by atoms with Crippen LogP contribution in [0.25, 0.3) is 0 Å². The number of rotatable bonds is 4. The minimum Gasteiger partial charge on any atom is -0.468 e. The highest BCUT2D eigenvalue weighted by Crippen LogP contribution is 2.48. The Kier molecular flexibility index (Phi) is 4.23. The first-order valence-corrected chi connectivity index (χ1v) is 6.63. The second-order valence-corrected chi connectivity index (χ2v) is 6.36. The summed E-state index contributed by atoms with van der Waals surface area (Å²) in [5.41, 5.74) is -0.290. The summed E-state index contributed by atoms with van der Waals surface area (Å²) in [6.07, 6.45) is 2.94. The SMILES string of the molecule is CCC(C)NC1(C(=O)OC)CC(C)(C)CC1C. The zero-order chi connectivity index (χ0) is 13.3. The molecule has 1 saturated carbocycles. The number of esters is 1. The van der Waals surface area contributed by atoms with Crippen molar-refractivity contribution >= 4 is 5.97 Å². The lowest BCUT2D eigenvalue weighted by atomic mass is 9.85. The maximum atomic E-state index is 12.2. The lowest BCUT2D eigenvalue weighted by Crippen LogP contribution is -2.57. The van der Waals surface area contributed by atoms with Crippen molar-refractivity contribution in [1.29, 1.82) is 0 Å². The molecule has 0 aromatic carbocycles. The molecule has 0 aliphatic heterocycles. The number of nitrogens with one attached hydrogen (secondary N) is 1. The van der Waals surface area contributed by atoms with Gasteiger partial charge in [-0.3, -0.25) is 10.1 Å². The first-order chi connectivity index (χ1) is 7.77. The van der Waals surface area contributed by atoms with Gasteiger partial charge in [0.05, 0.1) is 7.11 Å². The predicted molar refractivity (Wildman–Crippen MR) is 69.8 cm³/mol. The molecule has 1 rings (SSSR count). The Hall–Kier alpha value is -0.570. The van der Waals surface area contributed by atoms with Gasteiger partial charge in [-0.1, -0.05) is 27.7 Å². The van der Waals surface area contributed by atoms with E-state index in [9.17, 15) is 4.79 Å². The van der Waals surface area contributed by atoms with Crippen LogP contribution in [0.3, 0.4) is 0 Å². The van der Waals surface area contributed by atoms with Crippen molar-refractivity contribution in [1.82, 2.24) is 5.32 Å². The van der Waals surface area contributed by atoms with Gasteiger partial charge in [-0.2, -0.15) is 0 Å². The monoisotopic (exact) mass is 241 g/mol. The molecule has 17 heavy (non-hydrogen) atoms. The maximum absolute atomic E-state index is 12.2. The first kappa shape index (κ1) is 14.5. The lowest BCUT2D eigenvalue weighted by molar-refractivity contribution is -0.150. The van der Waals surface area contributed by atoms with Crippen molar-refractivity contribution in [3.63, 3.8) is 0 Å². The Morgan fingerprint density at radius 1 is 1.53 bits per heavy atom. The highest BCUT2D eigenvalue weighted by molar-refractivity contribution is 5.82. The number of carbonyl (C=O) groups is 1. The molecule has 3 atom stereocenters. The minimum absolute atomic E-state index is 0.101. The summed E-state index contributed by atoms with van der Waals surface area (Å²) in [6.45, 7) is 10.9. The number of hydrogen-bond donors (Lipinski definition) is 1. The molecular weight excluding hydrogens is 214 g/mol. The van der Waals surface area contributed by atoms with E-state index in [1.54, 1.807) is 0 Å². The molecule has 0 aromatic rings. The van der Waals surface area contributed by atoms with Crippen LogP contribution in [0, 0.1) is 11.3 Å². The van der Waals surface area contributed by atoms with Crippen LogP contribution in [-0.2, 0) is 9.53 Å². The number of hydrogen-bond acceptors (Lipinski definition) is 3. The third kappa shape index (κ3) is 2.82. The second-order valence-electron chi connectivity index (χ2n) is 6.36. The van der Waals surface area contributed by atoms with Crippen LogP contribution in [0.15, 0.2) is 0 Å². The molecule has 100 valence electrons. The molecule has 3 heteroatoms. The van der Waals surface area contributed by atoms with E-state index in [1.165, 1.54) is 7.11 Å². The van der Waals surface area contributed by atoms with E-state index in [0.29, 0.717) is 12.0 Å². The first-order valence-electron chi connectivity index (χ1n) is 6.63. The van der Waals surface area contributed by atoms with Crippen LogP contribution < -0.4 is 5.32 Å². The summed E-state index contributed by atoms with van der Waals surface area (Å²) in [7, 11) is 1.49. The number of methoxy groups -OCH3 is 1. The zero-order valence-corrected chi connectivity index (χ0v) is 12.1. The molecule has 1 aliphatic rings. The van der Waals surface area contributed by atoms with E-state index >= 15 is 0 Å². The van der Waals surface area contributed by atoms with Gasteiger partial charge in [-0.25, -0.2) is 0 Å². The van der Waals surface area contributed by atoms with E-state index in [0.717, 1.165) is 19.3 Å². The highest BCUT2D eigenvalue weighted by Gasteiger charge is 2.54. The van der Waals surface area contributed by atoms with Crippen LogP contribution in [-0.4, -0.2) is 24.7 Å². The molecule has 0 spiro atoms. The second kappa shape index (κ2) is 4.97. The number of carbonyl (C=O) groups excluding carboxylic acids is 1. The van der Waals surface area contributed by atoms with E-state index in [2.05, 4.69) is 39.9 Å². The van der Waals surface area contributed by atoms with E-state index in [1.807, 2.05) is 0 Å². The fourth-order valence-corrected chi connectivity index (χ4v) is 3.25. The maximum Gasteiger partial charge on any atom is 0.326 e. The molecule has 1 fully saturated rings. The Balaban J connectivity index is 2.99. The molecule has 0 amide bonds. The van der Waals surface area contributed by atoms with Gasteiger partial charge >= 0.3 is 5.97 Å². The molecule has 0 saturated heterocycles. The smallest absolute Gasteiger partial charge is 0.326 e.